The van der Waals surface area contributed by atoms with Crippen molar-refractivity contribution in [3.05, 3.63) is 29.3 Å². The van der Waals surface area contributed by atoms with Gasteiger partial charge in [-0.05, 0) is 55.8 Å². The lowest BCUT2D eigenvalue weighted by Gasteiger charge is -2.38. The second-order valence-corrected chi connectivity index (χ2v) is 10.0. The van der Waals surface area contributed by atoms with Gasteiger partial charge in [0.15, 0.2) is 0 Å². The summed E-state index contributed by atoms with van der Waals surface area (Å²) in [5.41, 5.74) is 0.826. The van der Waals surface area contributed by atoms with E-state index in [1.54, 1.807) is 36.3 Å². The van der Waals surface area contributed by atoms with Gasteiger partial charge in [-0.15, -0.1) is 0 Å². The Hall–Kier alpha value is -1.87. The number of aliphatic hydroxyl groups is 1. The van der Waals surface area contributed by atoms with Crippen LogP contribution in [-0.4, -0.2) is 96.9 Å². The standard InChI is InChI=1S/C24H35ClN4O4/c1-33-17-20(5-10-27-12-9-24(7-8-24)21(30)16-27)29-14-13-28(11-6-22(29)31)23(32)26-19-4-2-3-18(25)15-19/h2-4,15,20-21,30H,5-14,16-17H2,1H3,(H,26,32). The first-order chi connectivity index (χ1) is 15.9. The van der Waals surface area contributed by atoms with Gasteiger partial charge in [0.05, 0.1) is 18.8 Å². The Balaban J connectivity index is 1.31. The van der Waals surface area contributed by atoms with E-state index in [2.05, 4.69) is 10.2 Å². The zero-order valence-electron chi connectivity index (χ0n) is 19.3. The number of methoxy groups -OCH3 is 1. The van der Waals surface area contributed by atoms with Crippen LogP contribution in [0.2, 0.25) is 5.02 Å². The van der Waals surface area contributed by atoms with E-state index < -0.39 is 0 Å². The van der Waals surface area contributed by atoms with Gasteiger partial charge < -0.3 is 29.9 Å². The highest BCUT2D eigenvalue weighted by Gasteiger charge is 2.51. The molecule has 33 heavy (non-hydrogen) atoms. The second-order valence-electron chi connectivity index (χ2n) is 9.59. The van der Waals surface area contributed by atoms with E-state index in [9.17, 15) is 14.7 Å². The normalized spacial score (nSPS) is 24.0. The minimum absolute atomic E-state index is 0.0470. The molecule has 8 nitrogen and oxygen atoms in total. The van der Waals surface area contributed by atoms with Crippen molar-refractivity contribution >= 4 is 29.2 Å². The molecule has 1 saturated carbocycles. The number of carbonyl (C=O) groups is 2. The molecule has 9 heteroatoms. The van der Waals surface area contributed by atoms with E-state index in [-0.39, 0.29) is 35.9 Å². The molecule has 2 saturated heterocycles. The van der Waals surface area contributed by atoms with Crippen LogP contribution in [0.15, 0.2) is 24.3 Å². The first-order valence-corrected chi connectivity index (χ1v) is 12.3. The first-order valence-electron chi connectivity index (χ1n) is 11.9. The Morgan fingerprint density at radius 3 is 2.79 bits per heavy atom. The zero-order chi connectivity index (χ0) is 23.4. The van der Waals surface area contributed by atoms with Crippen LogP contribution in [0.4, 0.5) is 10.5 Å². The Morgan fingerprint density at radius 1 is 1.27 bits per heavy atom. The molecule has 1 aromatic carbocycles. The predicted octanol–water partition coefficient (Wildman–Crippen LogP) is 2.66. The number of β-amino-alcohol motifs (C(OH)–C–C–N with tert-alkyl or cyclic N) is 1. The van der Waals surface area contributed by atoms with Crippen molar-refractivity contribution < 1.29 is 19.4 Å². The maximum atomic E-state index is 12.9. The summed E-state index contributed by atoms with van der Waals surface area (Å²) in [6, 6.07) is 6.75. The van der Waals surface area contributed by atoms with Crippen molar-refractivity contribution in [3.8, 4) is 0 Å². The molecule has 2 aliphatic heterocycles. The number of anilines is 1. The molecule has 0 aromatic heterocycles. The first kappa shape index (κ1) is 24.3. The number of carbonyl (C=O) groups excluding carboxylic acids is 2. The summed E-state index contributed by atoms with van der Waals surface area (Å²) in [5.74, 6) is 0.0470. The number of halogens is 1. The van der Waals surface area contributed by atoms with Crippen molar-refractivity contribution in [2.24, 2.45) is 5.41 Å². The number of ether oxygens (including phenoxy) is 1. The fraction of sp³-hybridized carbons (Fsp3) is 0.667. The molecule has 2 unspecified atom stereocenters. The van der Waals surface area contributed by atoms with Crippen molar-refractivity contribution in [2.75, 3.05) is 58.3 Å². The summed E-state index contributed by atoms with van der Waals surface area (Å²) in [4.78, 5) is 31.5. The largest absolute Gasteiger partial charge is 0.391 e. The predicted molar refractivity (Wildman–Crippen MR) is 127 cm³/mol. The summed E-state index contributed by atoms with van der Waals surface area (Å²) in [7, 11) is 1.65. The van der Waals surface area contributed by atoms with Gasteiger partial charge in [0.25, 0.3) is 0 Å². The smallest absolute Gasteiger partial charge is 0.321 e. The Kier molecular flexibility index (Phi) is 7.79. The van der Waals surface area contributed by atoms with Gasteiger partial charge in [0.1, 0.15) is 0 Å². The number of benzene rings is 1. The van der Waals surface area contributed by atoms with E-state index in [0.717, 1.165) is 38.8 Å². The maximum Gasteiger partial charge on any atom is 0.321 e. The summed E-state index contributed by atoms with van der Waals surface area (Å²) in [6.45, 7) is 4.31. The lowest BCUT2D eigenvalue weighted by molar-refractivity contribution is -0.134. The molecule has 0 radical (unpaired) electrons. The Bertz CT molecular complexity index is 850. The lowest BCUT2D eigenvalue weighted by Crippen LogP contribution is -2.49. The molecule has 2 atom stereocenters. The van der Waals surface area contributed by atoms with Gasteiger partial charge in [-0.3, -0.25) is 4.79 Å². The molecule has 4 rings (SSSR count). The Labute approximate surface area is 200 Å². The van der Waals surface area contributed by atoms with Gasteiger partial charge in [-0.2, -0.15) is 0 Å². The lowest BCUT2D eigenvalue weighted by atomic mass is 9.90. The summed E-state index contributed by atoms with van der Waals surface area (Å²) in [6.07, 6.45) is 4.19. The maximum absolute atomic E-state index is 12.9. The third-order valence-electron chi connectivity index (χ3n) is 7.42. The monoisotopic (exact) mass is 478 g/mol. The fourth-order valence-corrected chi connectivity index (χ4v) is 5.26. The van der Waals surface area contributed by atoms with Crippen LogP contribution >= 0.6 is 11.6 Å². The van der Waals surface area contributed by atoms with E-state index >= 15 is 0 Å². The highest BCUT2D eigenvalue weighted by molar-refractivity contribution is 6.30. The molecule has 1 aliphatic carbocycles. The van der Waals surface area contributed by atoms with Crippen molar-refractivity contribution in [2.45, 2.75) is 44.2 Å². The van der Waals surface area contributed by atoms with Crippen LogP contribution in [0.25, 0.3) is 0 Å². The number of aliphatic hydroxyl groups excluding tert-OH is 1. The third kappa shape index (κ3) is 5.98. The van der Waals surface area contributed by atoms with Gasteiger partial charge in [0.2, 0.25) is 5.91 Å². The van der Waals surface area contributed by atoms with Gasteiger partial charge >= 0.3 is 6.03 Å². The van der Waals surface area contributed by atoms with E-state index in [4.69, 9.17) is 16.3 Å². The number of amides is 3. The van der Waals surface area contributed by atoms with Crippen LogP contribution in [0, 0.1) is 5.41 Å². The molecule has 2 heterocycles. The molecule has 1 spiro atoms. The number of likely N-dealkylation sites (tertiary alicyclic amines) is 1. The number of rotatable bonds is 7. The topological polar surface area (TPSA) is 85.3 Å². The minimum Gasteiger partial charge on any atom is -0.391 e. The highest BCUT2D eigenvalue weighted by atomic mass is 35.5. The highest BCUT2D eigenvalue weighted by Crippen LogP contribution is 2.53. The van der Waals surface area contributed by atoms with E-state index in [1.807, 2.05) is 4.90 Å². The second kappa shape index (κ2) is 10.6. The van der Waals surface area contributed by atoms with Crippen LogP contribution in [0.1, 0.15) is 32.1 Å². The number of hydrogen-bond donors (Lipinski definition) is 2. The number of hydrogen-bond acceptors (Lipinski definition) is 5. The average Bonchev–Trinajstić information content (AvgIpc) is 3.59. The van der Waals surface area contributed by atoms with Crippen LogP contribution in [0.3, 0.4) is 0 Å². The molecular weight excluding hydrogens is 444 g/mol. The van der Waals surface area contributed by atoms with Crippen molar-refractivity contribution in [3.63, 3.8) is 0 Å². The average molecular weight is 479 g/mol. The molecule has 1 aromatic rings. The summed E-state index contributed by atoms with van der Waals surface area (Å²) in [5, 5.41) is 13.9. The molecule has 3 fully saturated rings. The van der Waals surface area contributed by atoms with E-state index in [0.29, 0.717) is 43.5 Å². The molecular formula is C24H35ClN4O4. The molecule has 182 valence electrons. The molecule has 3 aliphatic rings. The SMILES string of the molecule is COCC(CCN1CCC2(CC2)C(O)C1)N1CCN(C(=O)Nc2cccc(Cl)c2)CCC1=O. The Morgan fingerprint density at radius 2 is 2.09 bits per heavy atom. The quantitative estimate of drug-likeness (QED) is 0.629. The fourth-order valence-electron chi connectivity index (χ4n) is 5.07. The number of nitrogens with zero attached hydrogens (tertiary/aromatic N) is 3. The van der Waals surface area contributed by atoms with Gasteiger partial charge in [0, 0.05) is 57.0 Å². The number of urea groups is 1. The van der Waals surface area contributed by atoms with Crippen LogP contribution in [-0.2, 0) is 9.53 Å². The molecule has 2 N–H and O–H groups in total. The van der Waals surface area contributed by atoms with Crippen LogP contribution < -0.4 is 5.32 Å². The third-order valence-corrected chi connectivity index (χ3v) is 7.66. The summed E-state index contributed by atoms with van der Waals surface area (Å²) < 4.78 is 5.45. The molecule has 0 bridgehead atoms. The summed E-state index contributed by atoms with van der Waals surface area (Å²) >= 11 is 6.01. The zero-order valence-corrected chi connectivity index (χ0v) is 20.1. The van der Waals surface area contributed by atoms with Crippen molar-refractivity contribution in [1.29, 1.82) is 0 Å². The van der Waals surface area contributed by atoms with Crippen molar-refractivity contribution in [1.82, 2.24) is 14.7 Å². The number of piperidine rings is 1. The van der Waals surface area contributed by atoms with Crippen LogP contribution in [0.5, 0.6) is 0 Å². The van der Waals surface area contributed by atoms with Gasteiger partial charge in [-0.25, -0.2) is 4.79 Å². The molecule has 3 amide bonds. The van der Waals surface area contributed by atoms with Gasteiger partial charge in [-0.1, -0.05) is 17.7 Å². The minimum atomic E-state index is -0.237. The van der Waals surface area contributed by atoms with E-state index in [1.165, 1.54) is 0 Å². The number of nitrogens with one attached hydrogen (secondary N) is 1.